The summed E-state index contributed by atoms with van der Waals surface area (Å²) in [6.07, 6.45) is 1.87. The molecule has 2 aliphatic rings. The smallest absolute Gasteiger partial charge is 0.169 e. The van der Waals surface area contributed by atoms with Gasteiger partial charge in [-0.2, -0.15) is 5.10 Å². The lowest BCUT2D eigenvalue weighted by Gasteiger charge is -2.37. The van der Waals surface area contributed by atoms with Crippen LogP contribution in [0.25, 0.3) is 11.1 Å². The molecule has 5 heteroatoms. The van der Waals surface area contributed by atoms with E-state index in [0.29, 0.717) is 11.8 Å². The van der Waals surface area contributed by atoms with Crippen LogP contribution in [0.4, 0.5) is 0 Å². The first-order valence-electron chi connectivity index (χ1n) is 10.7. The van der Waals surface area contributed by atoms with Gasteiger partial charge in [0, 0.05) is 31.7 Å². The van der Waals surface area contributed by atoms with Gasteiger partial charge in [0.15, 0.2) is 11.5 Å². The van der Waals surface area contributed by atoms with Crippen LogP contribution in [-0.2, 0) is 0 Å². The number of piperazine rings is 1. The number of methoxy groups -OCH3 is 2. The van der Waals surface area contributed by atoms with E-state index in [9.17, 15) is 0 Å². The van der Waals surface area contributed by atoms with E-state index >= 15 is 0 Å². The number of hydrogen-bond acceptors (Lipinski definition) is 5. The van der Waals surface area contributed by atoms with Crippen LogP contribution in [0.2, 0.25) is 0 Å². The van der Waals surface area contributed by atoms with Crippen molar-refractivity contribution < 1.29 is 9.47 Å². The van der Waals surface area contributed by atoms with E-state index in [1.165, 1.54) is 22.3 Å². The first kappa shape index (κ1) is 19.6. The summed E-state index contributed by atoms with van der Waals surface area (Å²) in [5, 5.41) is 6.87. The number of rotatable bonds is 5. The molecule has 0 N–H and O–H groups in total. The minimum atomic E-state index is 0.331. The van der Waals surface area contributed by atoms with E-state index in [4.69, 9.17) is 14.6 Å². The fourth-order valence-corrected chi connectivity index (χ4v) is 4.76. The maximum Gasteiger partial charge on any atom is 0.169 e. The highest BCUT2D eigenvalue weighted by Gasteiger charge is 2.33. The molecule has 3 aromatic rings. The minimum Gasteiger partial charge on any atom is -0.493 e. The predicted octanol–water partition coefficient (Wildman–Crippen LogP) is 4.43. The Morgan fingerprint density at radius 1 is 0.774 bits per heavy atom. The molecule has 1 aliphatic carbocycles. The number of hydrogen-bond donors (Lipinski definition) is 0. The fourth-order valence-electron chi connectivity index (χ4n) is 4.76. The molecule has 0 unspecified atom stereocenters. The molecule has 31 heavy (non-hydrogen) atoms. The number of benzene rings is 3. The van der Waals surface area contributed by atoms with Gasteiger partial charge in [-0.25, -0.2) is 0 Å². The molecule has 0 spiro atoms. The third-order valence-corrected chi connectivity index (χ3v) is 6.25. The number of nitrogens with zero attached hydrogens (tertiary/aromatic N) is 3. The Morgan fingerprint density at radius 2 is 1.42 bits per heavy atom. The second kappa shape index (κ2) is 8.44. The van der Waals surface area contributed by atoms with Crippen molar-refractivity contribution in [1.29, 1.82) is 0 Å². The number of fused-ring (bicyclic) bond motifs is 3. The van der Waals surface area contributed by atoms with Gasteiger partial charge in [-0.05, 0) is 34.4 Å². The molecule has 0 aromatic heterocycles. The van der Waals surface area contributed by atoms with Crippen LogP contribution in [0.3, 0.4) is 0 Å². The maximum absolute atomic E-state index is 5.52. The third kappa shape index (κ3) is 3.55. The molecule has 1 heterocycles. The molecule has 1 aliphatic heterocycles. The van der Waals surface area contributed by atoms with E-state index in [0.717, 1.165) is 37.5 Å². The van der Waals surface area contributed by atoms with Gasteiger partial charge in [0.25, 0.3) is 0 Å². The molecule has 158 valence electrons. The van der Waals surface area contributed by atoms with Crippen molar-refractivity contribution in [3.05, 3.63) is 83.4 Å². The lowest BCUT2D eigenvalue weighted by atomic mass is 10.0. The quantitative estimate of drug-likeness (QED) is 0.580. The molecular formula is C26H27N3O2. The Kier molecular flexibility index (Phi) is 5.35. The first-order chi connectivity index (χ1) is 15.3. The summed E-state index contributed by atoms with van der Waals surface area (Å²) in [5.74, 6) is 1.43. The molecule has 1 saturated heterocycles. The van der Waals surface area contributed by atoms with E-state index in [1.54, 1.807) is 14.2 Å². The molecule has 0 bridgehead atoms. The van der Waals surface area contributed by atoms with Gasteiger partial charge in [0.1, 0.15) is 0 Å². The monoisotopic (exact) mass is 413 g/mol. The Morgan fingerprint density at radius 3 is 2.03 bits per heavy atom. The van der Waals surface area contributed by atoms with E-state index in [2.05, 4.69) is 58.4 Å². The highest BCUT2D eigenvalue weighted by atomic mass is 16.5. The van der Waals surface area contributed by atoms with E-state index < -0.39 is 0 Å². The lowest BCUT2D eigenvalue weighted by Crippen LogP contribution is -2.45. The zero-order valence-electron chi connectivity index (χ0n) is 18.0. The molecule has 0 atom stereocenters. The lowest BCUT2D eigenvalue weighted by molar-refractivity contribution is 0.114. The van der Waals surface area contributed by atoms with Crippen LogP contribution in [0.5, 0.6) is 11.5 Å². The van der Waals surface area contributed by atoms with E-state index in [-0.39, 0.29) is 0 Å². The topological polar surface area (TPSA) is 37.3 Å². The SMILES string of the molecule is COc1cccc(/C=N/N2CCN(C3c4ccccc4-c4ccccc43)CC2)c1OC. The van der Waals surface area contributed by atoms with Crippen molar-refractivity contribution in [2.75, 3.05) is 40.4 Å². The van der Waals surface area contributed by atoms with Crippen molar-refractivity contribution in [1.82, 2.24) is 9.91 Å². The first-order valence-corrected chi connectivity index (χ1v) is 10.7. The van der Waals surface area contributed by atoms with Crippen molar-refractivity contribution in [2.24, 2.45) is 5.10 Å². The Bertz CT molecular complexity index is 1060. The molecule has 5 rings (SSSR count). The zero-order chi connectivity index (χ0) is 21.2. The molecule has 0 amide bonds. The average Bonchev–Trinajstić information content (AvgIpc) is 3.17. The molecule has 3 aromatic carbocycles. The van der Waals surface area contributed by atoms with Crippen molar-refractivity contribution >= 4 is 6.21 Å². The Hall–Kier alpha value is -3.31. The highest BCUT2D eigenvalue weighted by Crippen LogP contribution is 2.46. The second-order valence-corrected chi connectivity index (χ2v) is 7.89. The Balaban J connectivity index is 1.31. The van der Waals surface area contributed by atoms with Crippen LogP contribution in [0, 0.1) is 0 Å². The maximum atomic E-state index is 5.52. The molecule has 5 nitrogen and oxygen atoms in total. The summed E-state index contributed by atoms with van der Waals surface area (Å²) in [5.41, 5.74) is 6.49. The number of hydrazone groups is 1. The average molecular weight is 414 g/mol. The summed E-state index contributed by atoms with van der Waals surface area (Å²) >= 11 is 0. The van der Waals surface area contributed by atoms with Crippen LogP contribution in [-0.4, -0.2) is 56.5 Å². The molecule has 0 radical (unpaired) electrons. The third-order valence-electron chi connectivity index (χ3n) is 6.25. The van der Waals surface area contributed by atoms with Crippen LogP contribution < -0.4 is 9.47 Å². The number of para-hydroxylation sites is 1. The predicted molar refractivity (Wildman–Crippen MR) is 124 cm³/mol. The molecule has 0 saturated carbocycles. The van der Waals surface area contributed by atoms with Crippen LogP contribution in [0.1, 0.15) is 22.7 Å². The fraction of sp³-hybridized carbons (Fsp3) is 0.269. The summed E-state index contributed by atoms with van der Waals surface area (Å²) < 4.78 is 10.9. The van der Waals surface area contributed by atoms with Crippen molar-refractivity contribution in [3.8, 4) is 22.6 Å². The standard InChI is InChI=1S/C26H27N3O2/c1-30-24-13-7-8-19(26(24)31-2)18-27-29-16-14-28(15-17-29)25-22-11-5-3-9-20(22)21-10-4-6-12-23(21)25/h3-13,18,25H,14-17H2,1-2H3/b27-18+. The van der Waals surface area contributed by atoms with Gasteiger partial charge < -0.3 is 9.47 Å². The van der Waals surface area contributed by atoms with Gasteiger partial charge >= 0.3 is 0 Å². The van der Waals surface area contributed by atoms with Crippen molar-refractivity contribution in [2.45, 2.75) is 6.04 Å². The largest absolute Gasteiger partial charge is 0.493 e. The van der Waals surface area contributed by atoms with Crippen LogP contribution >= 0.6 is 0 Å². The van der Waals surface area contributed by atoms with Gasteiger partial charge in [0.05, 0.1) is 26.5 Å². The molecular weight excluding hydrogens is 386 g/mol. The van der Waals surface area contributed by atoms with Crippen LogP contribution in [0.15, 0.2) is 71.8 Å². The summed E-state index contributed by atoms with van der Waals surface area (Å²) in [6.45, 7) is 3.73. The highest BCUT2D eigenvalue weighted by molar-refractivity contribution is 5.85. The van der Waals surface area contributed by atoms with Gasteiger partial charge in [-0.1, -0.05) is 54.6 Å². The minimum absolute atomic E-state index is 0.331. The van der Waals surface area contributed by atoms with Gasteiger partial charge in [-0.15, -0.1) is 0 Å². The normalized spacial score (nSPS) is 16.4. The zero-order valence-corrected chi connectivity index (χ0v) is 18.0. The summed E-state index contributed by atoms with van der Waals surface area (Å²) in [6, 6.07) is 23.8. The molecule has 1 fully saturated rings. The summed E-state index contributed by atoms with van der Waals surface area (Å²) in [4.78, 5) is 2.59. The van der Waals surface area contributed by atoms with Gasteiger partial charge in [-0.3, -0.25) is 9.91 Å². The Labute approximate surface area is 183 Å². The van der Waals surface area contributed by atoms with Crippen molar-refractivity contribution in [3.63, 3.8) is 0 Å². The number of ether oxygens (including phenoxy) is 2. The second-order valence-electron chi connectivity index (χ2n) is 7.89. The van der Waals surface area contributed by atoms with E-state index in [1.807, 2.05) is 24.4 Å². The van der Waals surface area contributed by atoms with Gasteiger partial charge in [0.2, 0.25) is 0 Å². The summed E-state index contributed by atoms with van der Waals surface area (Å²) in [7, 11) is 3.31.